The molecule has 1 unspecified atom stereocenters. The fourth-order valence-corrected chi connectivity index (χ4v) is 6.18. The van der Waals surface area contributed by atoms with Crippen molar-refractivity contribution in [1.29, 1.82) is 0 Å². The smallest absolute Gasteiger partial charge is 0.164 e. The molecule has 5 nitrogen and oxygen atoms in total. The van der Waals surface area contributed by atoms with E-state index in [4.69, 9.17) is 15.0 Å². The molecule has 1 atom stereocenters. The number of nitrogens with zero attached hydrogens (tertiary/aromatic N) is 5. The molecule has 8 rings (SSSR count). The molecule has 48 heavy (non-hydrogen) atoms. The average molecular weight is 618 g/mol. The van der Waals surface area contributed by atoms with Gasteiger partial charge in [-0.15, -0.1) is 0 Å². The van der Waals surface area contributed by atoms with Gasteiger partial charge in [-0.2, -0.15) is 0 Å². The van der Waals surface area contributed by atoms with E-state index in [1.165, 1.54) is 16.7 Å². The Kier molecular flexibility index (Phi) is 7.99. The van der Waals surface area contributed by atoms with Crippen LogP contribution in [0.4, 0.5) is 0 Å². The number of rotatable bonds is 7. The lowest BCUT2D eigenvalue weighted by molar-refractivity contribution is 0.867. The van der Waals surface area contributed by atoms with E-state index in [1.54, 1.807) is 0 Å². The van der Waals surface area contributed by atoms with Gasteiger partial charge >= 0.3 is 0 Å². The van der Waals surface area contributed by atoms with E-state index >= 15 is 0 Å². The Bertz CT molecular complexity index is 2150. The largest absolute Gasteiger partial charge is 0.256 e. The summed E-state index contributed by atoms with van der Waals surface area (Å²) in [5.74, 6) is 2.02. The van der Waals surface area contributed by atoms with Crippen molar-refractivity contribution < 1.29 is 0 Å². The highest BCUT2D eigenvalue weighted by Crippen LogP contribution is 2.39. The van der Waals surface area contributed by atoms with Crippen molar-refractivity contribution >= 4 is 11.1 Å². The van der Waals surface area contributed by atoms with Crippen molar-refractivity contribution in [3.8, 4) is 45.3 Å². The second-order valence-electron chi connectivity index (χ2n) is 11.8. The Labute approximate surface area is 280 Å². The van der Waals surface area contributed by atoms with Crippen LogP contribution in [0.1, 0.15) is 29.3 Å². The summed E-state index contributed by atoms with van der Waals surface area (Å²) < 4.78 is 0. The maximum Gasteiger partial charge on any atom is 0.164 e. The van der Waals surface area contributed by atoms with Crippen LogP contribution in [0.2, 0.25) is 0 Å². The molecule has 0 saturated heterocycles. The number of hydrogen-bond acceptors (Lipinski definition) is 5. The van der Waals surface area contributed by atoms with Crippen molar-refractivity contribution in [3.05, 3.63) is 187 Å². The second-order valence-corrected chi connectivity index (χ2v) is 11.8. The third-order valence-electron chi connectivity index (χ3n) is 8.58. The van der Waals surface area contributed by atoms with Crippen LogP contribution in [0.15, 0.2) is 170 Å². The maximum atomic E-state index is 5.16. The van der Waals surface area contributed by atoms with Gasteiger partial charge < -0.3 is 0 Å². The van der Waals surface area contributed by atoms with E-state index in [-0.39, 0.29) is 5.92 Å². The highest BCUT2D eigenvalue weighted by Gasteiger charge is 2.22. The number of benzene rings is 4. The lowest BCUT2D eigenvalue weighted by Crippen LogP contribution is -2.07. The predicted molar refractivity (Wildman–Crippen MR) is 193 cm³/mol. The molecule has 0 N–H and O–H groups in total. The Morgan fingerprint density at radius 1 is 0.438 bits per heavy atom. The molecule has 3 aromatic heterocycles. The summed E-state index contributed by atoms with van der Waals surface area (Å²) in [5.41, 5.74) is 10.3. The Hall–Kier alpha value is -6.33. The summed E-state index contributed by atoms with van der Waals surface area (Å²) in [4.78, 5) is 24.5. The summed E-state index contributed by atoms with van der Waals surface area (Å²) in [6.45, 7) is 0. The maximum absolute atomic E-state index is 5.16. The van der Waals surface area contributed by atoms with Gasteiger partial charge in [-0.1, -0.05) is 115 Å². The van der Waals surface area contributed by atoms with E-state index in [0.29, 0.717) is 17.5 Å². The summed E-state index contributed by atoms with van der Waals surface area (Å²) in [6, 6.07) is 49.6. The molecule has 0 aliphatic heterocycles. The van der Waals surface area contributed by atoms with Gasteiger partial charge in [0.25, 0.3) is 0 Å². The van der Waals surface area contributed by atoms with Crippen LogP contribution in [0.25, 0.3) is 56.4 Å². The van der Waals surface area contributed by atoms with Gasteiger partial charge in [-0.3, -0.25) is 9.97 Å². The number of hydrogen-bond donors (Lipinski definition) is 0. The lowest BCUT2D eigenvalue weighted by Gasteiger charge is -2.23. The molecule has 228 valence electrons. The molecule has 0 amide bonds. The zero-order valence-electron chi connectivity index (χ0n) is 26.2. The van der Waals surface area contributed by atoms with Crippen LogP contribution in [-0.4, -0.2) is 24.9 Å². The molecule has 0 fully saturated rings. The zero-order valence-corrected chi connectivity index (χ0v) is 26.2. The quantitative estimate of drug-likeness (QED) is 0.178. The third-order valence-corrected chi connectivity index (χ3v) is 8.58. The van der Waals surface area contributed by atoms with Gasteiger partial charge in [0.15, 0.2) is 17.5 Å². The van der Waals surface area contributed by atoms with Crippen molar-refractivity contribution in [2.75, 3.05) is 0 Å². The first-order valence-electron chi connectivity index (χ1n) is 16.1. The molecule has 1 aliphatic carbocycles. The van der Waals surface area contributed by atoms with Crippen LogP contribution >= 0.6 is 0 Å². The van der Waals surface area contributed by atoms with Gasteiger partial charge in [0.1, 0.15) is 0 Å². The number of allylic oxidation sites excluding steroid dienone is 4. The molecule has 5 heteroatoms. The van der Waals surface area contributed by atoms with Crippen molar-refractivity contribution in [2.24, 2.45) is 0 Å². The van der Waals surface area contributed by atoms with Gasteiger partial charge in [0, 0.05) is 46.1 Å². The molecule has 4 aromatic carbocycles. The van der Waals surface area contributed by atoms with Crippen LogP contribution < -0.4 is 0 Å². The van der Waals surface area contributed by atoms with Gasteiger partial charge in [-0.25, -0.2) is 15.0 Å². The minimum absolute atomic E-state index is 0.171. The van der Waals surface area contributed by atoms with Crippen molar-refractivity contribution in [1.82, 2.24) is 24.9 Å². The van der Waals surface area contributed by atoms with Crippen LogP contribution in [-0.2, 0) is 0 Å². The van der Waals surface area contributed by atoms with Crippen molar-refractivity contribution in [3.63, 3.8) is 0 Å². The fraction of sp³-hybridized carbons (Fsp3) is 0.0465. The van der Waals surface area contributed by atoms with E-state index in [9.17, 15) is 0 Å². The molecular formula is C43H31N5. The Morgan fingerprint density at radius 2 is 0.938 bits per heavy atom. The third kappa shape index (κ3) is 6.22. The van der Waals surface area contributed by atoms with Gasteiger partial charge in [0.05, 0.1) is 11.4 Å². The molecule has 7 aromatic rings. The minimum Gasteiger partial charge on any atom is -0.256 e. The molecule has 0 radical (unpaired) electrons. The molecular weight excluding hydrogens is 587 g/mol. The molecule has 0 spiro atoms. The first-order valence-corrected chi connectivity index (χ1v) is 16.1. The number of aromatic nitrogens is 5. The Morgan fingerprint density at radius 3 is 1.50 bits per heavy atom. The first kappa shape index (κ1) is 29.1. The zero-order chi connectivity index (χ0) is 32.1. The van der Waals surface area contributed by atoms with Crippen LogP contribution in [0.3, 0.4) is 0 Å². The second kappa shape index (κ2) is 13.2. The highest BCUT2D eigenvalue weighted by molar-refractivity contribution is 5.86. The van der Waals surface area contributed by atoms with Crippen LogP contribution in [0, 0.1) is 0 Å². The lowest BCUT2D eigenvalue weighted by atomic mass is 9.83. The standard InChI is InChI=1S/C43H31N5/c1-3-13-30(14-4-1)36-27-37(31-15-5-2-6-16-31)29-38(28-36)43-47-41(34-19-11-17-32(25-34)39-21-7-9-23-44-39)46-42(48-43)35-20-12-18-33(26-35)40-22-8-10-24-45-40/h1-26,28-29,36H,27H2. The fourth-order valence-electron chi connectivity index (χ4n) is 6.18. The summed E-state index contributed by atoms with van der Waals surface area (Å²) in [7, 11) is 0. The minimum atomic E-state index is 0.171. The van der Waals surface area contributed by atoms with E-state index < -0.39 is 0 Å². The van der Waals surface area contributed by atoms with Crippen molar-refractivity contribution in [2.45, 2.75) is 12.3 Å². The SMILES string of the molecule is C1=C(c2ccccc2)CC(c2ccccc2)C=C1c1nc(-c2cccc(-c3ccccn3)c2)nc(-c2cccc(-c3ccccn3)c2)n1. The summed E-state index contributed by atoms with van der Waals surface area (Å²) in [6.07, 6.45) is 9.06. The van der Waals surface area contributed by atoms with E-state index in [2.05, 4.69) is 107 Å². The van der Waals surface area contributed by atoms with Crippen LogP contribution in [0.5, 0.6) is 0 Å². The monoisotopic (exact) mass is 617 g/mol. The summed E-state index contributed by atoms with van der Waals surface area (Å²) in [5, 5.41) is 0. The first-order chi connectivity index (χ1) is 23.8. The molecule has 3 heterocycles. The van der Waals surface area contributed by atoms with E-state index in [1.807, 2.05) is 73.1 Å². The van der Waals surface area contributed by atoms with E-state index in [0.717, 1.165) is 45.6 Å². The summed E-state index contributed by atoms with van der Waals surface area (Å²) >= 11 is 0. The topological polar surface area (TPSA) is 64.5 Å². The van der Waals surface area contributed by atoms with Gasteiger partial charge in [0.2, 0.25) is 0 Å². The number of pyridine rings is 2. The van der Waals surface area contributed by atoms with Gasteiger partial charge in [-0.05, 0) is 65.6 Å². The highest BCUT2D eigenvalue weighted by atomic mass is 15.0. The average Bonchev–Trinajstić information content (AvgIpc) is 3.19. The molecule has 0 bridgehead atoms. The Balaban J connectivity index is 1.30. The molecule has 1 aliphatic rings. The predicted octanol–water partition coefficient (Wildman–Crippen LogP) is 9.98. The normalized spacial score (nSPS) is 14.2. The molecule has 0 saturated carbocycles.